The van der Waals surface area contributed by atoms with Gasteiger partial charge in [0.05, 0.1) is 20.2 Å². The topological polar surface area (TPSA) is 46.6 Å². The fourth-order valence-corrected chi connectivity index (χ4v) is 2.16. The van der Waals surface area contributed by atoms with Crippen LogP contribution in [-0.2, 0) is 20.7 Å². The predicted octanol–water partition coefficient (Wildman–Crippen LogP) is 1.91. The fourth-order valence-electron chi connectivity index (χ4n) is 2.16. The minimum absolute atomic E-state index is 0.119. The minimum atomic E-state index is -0.313. The van der Waals surface area contributed by atoms with E-state index >= 15 is 0 Å². The average molecular weight is 277 g/mol. The highest BCUT2D eigenvalue weighted by Crippen LogP contribution is 2.14. The first-order valence-electron chi connectivity index (χ1n) is 6.83. The van der Waals surface area contributed by atoms with Crippen LogP contribution in [0.4, 0.5) is 0 Å². The van der Waals surface area contributed by atoms with Crippen molar-refractivity contribution >= 4 is 11.8 Å². The molecule has 0 bridgehead atoms. The fraction of sp³-hybridized carbons (Fsp3) is 0.500. The summed E-state index contributed by atoms with van der Waals surface area (Å²) in [7, 11) is 1.36. The number of ketones is 1. The first kappa shape index (κ1) is 16.4. The number of benzene rings is 1. The summed E-state index contributed by atoms with van der Waals surface area (Å²) >= 11 is 0. The number of hydrogen-bond acceptors (Lipinski definition) is 4. The van der Waals surface area contributed by atoms with Crippen LogP contribution in [0.2, 0.25) is 0 Å². The molecule has 0 saturated heterocycles. The van der Waals surface area contributed by atoms with E-state index in [2.05, 4.69) is 4.74 Å². The highest BCUT2D eigenvalue weighted by Gasteiger charge is 2.15. The number of rotatable bonds is 7. The van der Waals surface area contributed by atoms with Gasteiger partial charge in [-0.1, -0.05) is 25.1 Å². The molecule has 4 heteroatoms. The number of methoxy groups -OCH3 is 1. The Bertz CT molecular complexity index is 462. The van der Waals surface area contributed by atoms with Crippen molar-refractivity contribution in [3.63, 3.8) is 0 Å². The van der Waals surface area contributed by atoms with Gasteiger partial charge in [0, 0.05) is 6.42 Å². The largest absolute Gasteiger partial charge is 0.468 e. The Morgan fingerprint density at radius 1 is 1.15 bits per heavy atom. The predicted molar refractivity (Wildman–Crippen MR) is 78.8 cm³/mol. The Morgan fingerprint density at radius 3 is 2.25 bits per heavy atom. The van der Waals surface area contributed by atoms with E-state index < -0.39 is 0 Å². The lowest BCUT2D eigenvalue weighted by atomic mass is 9.98. The van der Waals surface area contributed by atoms with Crippen LogP contribution in [0.3, 0.4) is 0 Å². The zero-order valence-corrected chi connectivity index (χ0v) is 12.7. The number of Topliss-reactive ketones (excluding diaryl/α,β-unsaturated/α-hetero) is 1. The maximum atomic E-state index is 12.2. The molecular formula is C16H23NO3. The number of nitrogens with zero attached hydrogens (tertiary/aromatic N) is 1. The van der Waals surface area contributed by atoms with Crippen LogP contribution < -0.4 is 0 Å². The third kappa shape index (κ3) is 4.78. The van der Waals surface area contributed by atoms with Gasteiger partial charge in [-0.25, -0.2) is 0 Å². The molecule has 1 aromatic carbocycles. The summed E-state index contributed by atoms with van der Waals surface area (Å²) in [4.78, 5) is 25.2. The van der Waals surface area contributed by atoms with E-state index in [0.717, 1.165) is 16.7 Å². The van der Waals surface area contributed by atoms with Crippen molar-refractivity contribution in [2.75, 3.05) is 26.7 Å². The van der Waals surface area contributed by atoms with E-state index in [9.17, 15) is 9.59 Å². The van der Waals surface area contributed by atoms with Gasteiger partial charge in [0.2, 0.25) is 0 Å². The van der Waals surface area contributed by atoms with Crippen LogP contribution in [0.5, 0.6) is 0 Å². The van der Waals surface area contributed by atoms with Crippen LogP contribution in [0, 0.1) is 13.8 Å². The van der Waals surface area contributed by atoms with Gasteiger partial charge in [-0.2, -0.15) is 0 Å². The highest BCUT2D eigenvalue weighted by atomic mass is 16.5. The summed E-state index contributed by atoms with van der Waals surface area (Å²) in [6.07, 6.45) is 0.413. The van der Waals surface area contributed by atoms with Crippen molar-refractivity contribution in [3.05, 3.63) is 34.9 Å². The number of hydrogen-bond donors (Lipinski definition) is 0. The van der Waals surface area contributed by atoms with E-state index in [-0.39, 0.29) is 24.8 Å². The molecule has 110 valence electrons. The highest BCUT2D eigenvalue weighted by molar-refractivity contribution is 5.84. The first-order chi connectivity index (χ1) is 9.47. The number of likely N-dealkylation sites (N-methyl/N-ethyl adjacent to an activating group) is 1. The zero-order valence-electron chi connectivity index (χ0n) is 12.7. The molecule has 0 amide bonds. The van der Waals surface area contributed by atoms with Gasteiger partial charge in [0.25, 0.3) is 0 Å². The molecule has 0 unspecified atom stereocenters. The van der Waals surface area contributed by atoms with E-state index in [4.69, 9.17) is 0 Å². The summed E-state index contributed by atoms with van der Waals surface area (Å²) in [6, 6.07) is 6.03. The molecule has 0 spiro atoms. The lowest BCUT2D eigenvalue weighted by Crippen LogP contribution is -2.35. The van der Waals surface area contributed by atoms with Gasteiger partial charge in [-0.15, -0.1) is 0 Å². The van der Waals surface area contributed by atoms with Crippen molar-refractivity contribution in [2.45, 2.75) is 27.2 Å². The summed E-state index contributed by atoms with van der Waals surface area (Å²) in [5, 5.41) is 0. The summed E-state index contributed by atoms with van der Waals surface area (Å²) < 4.78 is 4.63. The first-order valence-corrected chi connectivity index (χ1v) is 6.83. The molecule has 0 saturated carbocycles. The normalized spacial score (nSPS) is 10.7. The standard InChI is InChI=1S/C16H23NO3/c1-5-17(11-16(19)20-4)10-14(18)9-15-12(2)7-6-8-13(15)3/h6-8H,5,9-11H2,1-4H3. The van der Waals surface area contributed by atoms with E-state index in [0.29, 0.717) is 13.0 Å². The second-order valence-corrected chi connectivity index (χ2v) is 4.97. The molecule has 0 heterocycles. The molecule has 0 aromatic heterocycles. The Kier molecular flexibility index (Phi) is 6.39. The number of esters is 1. The van der Waals surface area contributed by atoms with Crippen LogP contribution >= 0.6 is 0 Å². The van der Waals surface area contributed by atoms with Crippen molar-refractivity contribution in [1.29, 1.82) is 0 Å². The van der Waals surface area contributed by atoms with E-state index in [1.807, 2.05) is 39.0 Å². The van der Waals surface area contributed by atoms with Gasteiger partial charge in [-0.3, -0.25) is 14.5 Å². The molecule has 0 radical (unpaired) electrons. The summed E-state index contributed by atoms with van der Waals surface area (Å²) in [5.74, 6) is -0.195. The Hall–Kier alpha value is -1.68. The van der Waals surface area contributed by atoms with Crippen LogP contribution in [0.1, 0.15) is 23.6 Å². The Morgan fingerprint density at radius 2 is 1.75 bits per heavy atom. The van der Waals surface area contributed by atoms with Crippen LogP contribution in [0.15, 0.2) is 18.2 Å². The molecule has 0 aliphatic rings. The van der Waals surface area contributed by atoms with Crippen LogP contribution in [-0.4, -0.2) is 43.4 Å². The van der Waals surface area contributed by atoms with E-state index in [1.165, 1.54) is 7.11 Å². The van der Waals surface area contributed by atoms with E-state index in [1.54, 1.807) is 4.90 Å². The average Bonchev–Trinajstić information content (AvgIpc) is 2.42. The lowest BCUT2D eigenvalue weighted by Gasteiger charge is -2.18. The van der Waals surface area contributed by atoms with Crippen molar-refractivity contribution in [1.82, 2.24) is 4.90 Å². The minimum Gasteiger partial charge on any atom is -0.468 e. The van der Waals surface area contributed by atoms with Gasteiger partial charge in [0.1, 0.15) is 0 Å². The quantitative estimate of drug-likeness (QED) is 0.714. The molecule has 0 N–H and O–H groups in total. The third-order valence-electron chi connectivity index (χ3n) is 3.45. The van der Waals surface area contributed by atoms with Gasteiger partial charge in [-0.05, 0) is 37.1 Å². The second kappa shape index (κ2) is 7.80. The molecule has 20 heavy (non-hydrogen) atoms. The second-order valence-electron chi connectivity index (χ2n) is 4.97. The molecule has 4 nitrogen and oxygen atoms in total. The summed E-state index contributed by atoms with van der Waals surface area (Å²) in [5.41, 5.74) is 3.36. The molecule has 1 aromatic rings. The number of ether oxygens (including phenoxy) is 1. The number of carbonyl (C=O) groups excluding carboxylic acids is 2. The summed E-state index contributed by atoms with van der Waals surface area (Å²) in [6.45, 7) is 7.04. The smallest absolute Gasteiger partial charge is 0.319 e. The monoisotopic (exact) mass is 277 g/mol. The molecule has 0 aliphatic heterocycles. The Balaban J connectivity index is 2.64. The van der Waals surface area contributed by atoms with Crippen molar-refractivity contribution < 1.29 is 14.3 Å². The molecule has 0 atom stereocenters. The molecule has 1 rings (SSSR count). The molecule has 0 fully saturated rings. The zero-order chi connectivity index (χ0) is 15.1. The van der Waals surface area contributed by atoms with Crippen molar-refractivity contribution in [2.24, 2.45) is 0 Å². The molecule has 0 aliphatic carbocycles. The van der Waals surface area contributed by atoms with Crippen LogP contribution in [0.25, 0.3) is 0 Å². The maximum Gasteiger partial charge on any atom is 0.319 e. The molecular weight excluding hydrogens is 254 g/mol. The third-order valence-corrected chi connectivity index (χ3v) is 3.45. The lowest BCUT2D eigenvalue weighted by molar-refractivity contribution is -0.142. The van der Waals surface area contributed by atoms with Gasteiger partial charge in [0.15, 0.2) is 5.78 Å². The van der Waals surface area contributed by atoms with Gasteiger partial charge >= 0.3 is 5.97 Å². The van der Waals surface area contributed by atoms with Gasteiger partial charge < -0.3 is 4.74 Å². The van der Waals surface area contributed by atoms with Crippen molar-refractivity contribution in [3.8, 4) is 0 Å². The SMILES string of the molecule is CCN(CC(=O)Cc1c(C)cccc1C)CC(=O)OC. The number of aryl methyl sites for hydroxylation is 2. The Labute approximate surface area is 120 Å². The maximum absolute atomic E-state index is 12.2. The number of carbonyl (C=O) groups is 2.